The molecule has 0 radical (unpaired) electrons. The van der Waals surface area contributed by atoms with Gasteiger partial charge in [-0.25, -0.2) is 13.1 Å². The molecule has 0 aromatic heterocycles. The zero-order valence-electron chi connectivity index (χ0n) is 15.5. The number of nitrogens with zero attached hydrogens (tertiary/aromatic N) is 1. The van der Waals surface area contributed by atoms with Crippen LogP contribution in [0.3, 0.4) is 0 Å². The van der Waals surface area contributed by atoms with Gasteiger partial charge in [-0.05, 0) is 30.2 Å². The van der Waals surface area contributed by atoms with Crippen molar-refractivity contribution in [2.24, 2.45) is 5.92 Å². The minimum atomic E-state index is -4.80. The molecule has 11 heteroatoms. The van der Waals surface area contributed by atoms with Gasteiger partial charge in [0, 0.05) is 31.3 Å². The van der Waals surface area contributed by atoms with Gasteiger partial charge in [-0.1, -0.05) is 12.1 Å². The van der Waals surface area contributed by atoms with E-state index in [9.17, 15) is 26.4 Å². The molecule has 2 aromatic carbocycles. The summed E-state index contributed by atoms with van der Waals surface area (Å²) in [5.74, 6) is 0.468. The van der Waals surface area contributed by atoms with E-state index < -0.39 is 32.6 Å². The molecule has 0 spiro atoms. The van der Waals surface area contributed by atoms with E-state index in [-0.39, 0.29) is 32.2 Å². The lowest BCUT2D eigenvalue weighted by Crippen LogP contribution is -2.32. The minimum Gasteiger partial charge on any atom is -0.454 e. The molecule has 4 rings (SSSR count). The van der Waals surface area contributed by atoms with Crippen molar-refractivity contribution in [2.45, 2.75) is 17.5 Å². The Bertz CT molecular complexity index is 1090. The number of rotatable bonds is 5. The average molecular weight is 442 g/mol. The molecule has 30 heavy (non-hydrogen) atoms. The Hall–Kier alpha value is -2.79. The highest BCUT2D eigenvalue weighted by molar-refractivity contribution is 7.89. The lowest BCUT2D eigenvalue weighted by Gasteiger charge is -2.18. The Morgan fingerprint density at radius 3 is 2.60 bits per heavy atom. The van der Waals surface area contributed by atoms with E-state index in [1.807, 2.05) is 0 Å². The Morgan fingerprint density at radius 2 is 1.83 bits per heavy atom. The fraction of sp³-hybridized carbons (Fsp3) is 0.316. The van der Waals surface area contributed by atoms with Gasteiger partial charge in [-0.2, -0.15) is 13.2 Å². The molecule has 1 unspecified atom stereocenters. The molecular weight excluding hydrogens is 425 g/mol. The summed E-state index contributed by atoms with van der Waals surface area (Å²) in [6, 6.07) is 9.00. The van der Waals surface area contributed by atoms with Gasteiger partial charge in [0.15, 0.2) is 11.5 Å². The molecule has 2 aromatic rings. The first-order chi connectivity index (χ1) is 14.1. The van der Waals surface area contributed by atoms with E-state index in [1.54, 1.807) is 18.2 Å². The molecule has 1 N–H and O–H groups in total. The smallest absolute Gasteiger partial charge is 0.417 e. The summed E-state index contributed by atoms with van der Waals surface area (Å²) in [6.45, 7) is 0.153. The molecule has 1 atom stereocenters. The van der Waals surface area contributed by atoms with E-state index in [4.69, 9.17) is 9.47 Å². The number of ether oxygens (including phenoxy) is 2. The maximum absolute atomic E-state index is 13.1. The molecule has 7 nitrogen and oxygen atoms in total. The number of alkyl halides is 3. The summed E-state index contributed by atoms with van der Waals surface area (Å²) < 4.78 is 77.1. The summed E-state index contributed by atoms with van der Waals surface area (Å²) >= 11 is 0. The quantitative estimate of drug-likeness (QED) is 0.770. The normalized spacial score (nSPS) is 18.8. The highest BCUT2D eigenvalue weighted by Gasteiger charge is 2.38. The molecule has 160 valence electrons. The largest absolute Gasteiger partial charge is 0.454 e. The van der Waals surface area contributed by atoms with Crippen LogP contribution in [0.4, 0.5) is 18.9 Å². The predicted molar refractivity (Wildman–Crippen MR) is 99.7 cm³/mol. The first-order valence-electron chi connectivity index (χ1n) is 9.01. The second-order valence-electron chi connectivity index (χ2n) is 6.96. The van der Waals surface area contributed by atoms with Crippen molar-refractivity contribution in [2.75, 3.05) is 24.8 Å². The zero-order chi connectivity index (χ0) is 21.5. The minimum absolute atomic E-state index is 0.0673. The van der Waals surface area contributed by atoms with Crippen LogP contribution in [0.1, 0.15) is 12.0 Å². The first-order valence-corrected chi connectivity index (χ1v) is 10.5. The highest BCUT2D eigenvalue weighted by atomic mass is 32.2. The number of fused-ring (bicyclic) bond motifs is 1. The zero-order valence-corrected chi connectivity index (χ0v) is 16.3. The Balaban J connectivity index is 1.46. The number of amides is 1. The van der Waals surface area contributed by atoms with Crippen LogP contribution in [0.2, 0.25) is 0 Å². The molecule has 0 bridgehead atoms. The van der Waals surface area contributed by atoms with E-state index >= 15 is 0 Å². The number of nitrogens with one attached hydrogen (secondary N) is 1. The number of halogens is 3. The third-order valence-corrected chi connectivity index (χ3v) is 6.40. The second kappa shape index (κ2) is 7.47. The van der Waals surface area contributed by atoms with Crippen molar-refractivity contribution < 1.29 is 35.9 Å². The fourth-order valence-electron chi connectivity index (χ4n) is 3.46. The van der Waals surface area contributed by atoms with Gasteiger partial charge >= 0.3 is 6.18 Å². The van der Waals surface area contributed by atoms with Gasteiger partial charge in [-0.15, -0.1) is 0 Å². The third-order valence-electron chi connectivity index (χ3n) is 4.92. The van der Waals surface area contributed by atoms with Crippen LogP contribution in [0.5, 0.6) is 11.5 Å². The molecule has 2 aliphatic heterocycles. The number of carbonyl (C=O) groups is 1. The summed E-state index contributed by atoms with van der Waals surface area (Å²) in [6.07, 6.45) is -4.73. The van der Waals surface area contributed by atoms with Gasteiger partial charge in [-0.3, -0.25) is 4.79 Å². The lowest BCUT2D eigenvalue weighted by molar-refractivity contribution is -0.139. The summed E-state index contributed by atoms with van der Waals surface area (Å²) in [7, 11) is -4.41. The summed E-state index contributed by atoms with van der Waals surface area (Å²) in [5, 5.41) is 0. The highest BCUT2D eigenvalue weighted by Crippen LogP contribution is 2.37. The van der Waals surface area contributed by atoms with Crippen LogP contribution in [0, 0.1) is 5.92 Å². The Labute approximate surface area is 170 Å². The third kappa shape index (κ3) is 3.94. The lowest BCUT2D eigenvalue weighted by atomic mass is 10.1. The molecular formula is C19H17F3N2O5S. The monoisotopic (exact) mass is 442 g/mol. The van der Waals surface area contributed by atoms with Crippen LogP contribution in [-0.2, 0) is 21.0 Å². The molecule has 0 saturated carbocycles. The van der Waals surface area contributed by atoms with Gasteiger partial charge < -0.3 is 14.4 Å². The molecule has 1 fully saturated rings. The average Bonchev–Trinajstić information content (AvgIpc) is 3.31. The number of hydrogen-bond acceptors (Lipinski definition) is 5. The van der Waals surface area contributed by atoms with Crippen LogP contribution >= 0.6 is 0 Å². The SMILES string of the molecule is O=C1CC(CNS(=O)(=O)c2ccccc2C(F)(F)F)CN1c1ccc2c(c1)OCO2. The maximum atomic E-state index is 13.1. The van der Waals surface area contributed by atoms with E-state index in [2.05, 4.69) is 4.72 Å². The number of benzene rings is 2. The van der Waals surface area contributed by atoms with Crippen molar-refractivity contribution in [1.29, 1.82) is 0 Å². The molecule has 2 heterocycles. The van der Waals surface area contributed by atoms with Gasteiger partial charge in [0.2, 0.25) is 22.7 Å². The van der Waals surface area contributed by atoms with Gasteiger partial charge in [0.05, 0.1) is 10.5 Å². The van der Waals surface area contributed by atoms with Crippen LogP contribution in [0.15, 0.2) is 47.4 Å². The number of anilines is 1. The molecule has 1 amide bonds. The van der Waals surface area contributed by atoms with Crippen molar-refractivity contribution >= 4 is 21.6 Å². The number of sulfonamides is 1. The molecule has 2 aliphatic rings. The summed E-state index contributed by atoms with van der Waals surface area (Å²) in [5.41, 5.74) is -0.654. The van der Waals surface area contributed by atoms with Gasteiger partial charge in [0.25, 0.3) is 0 Å². The van der Waals surface area contributed by atoms with Crippen molar-refractivity contribution in [3.05, 3.63) is 48.0 Å². The van der Waals surface area contributed by atoms with Crippen molar-refractivity contribution in [3.63, 3.8) is 0 Å². The summed E-state index contributed by atoms with van der Waals surface area (Å²) in [4.78, 5) is 13.0. The van der Waals surface area contributed by atoms with Gasteiger partial charge in [0.1, 0.15) is 0 Å². The topological polar surface area (TPSA) is 84.9 Å². The fourth-order valence-corrected chi connectivity index (χ4v) is 4.80. The standard InChI is InChI=1S/C19H17F3N2O5S/c20-19(21,22)14-3-1-2-4-17(14)30(26,27)23-9-12-7-18(25)24(10-12)13-5-6-15-16(8-13)29-11-28-15/h1-6,8,12,23H,7,9-11H2. The van der Waals surface area contributed by atoms with E-state index in [1.165, 1.54) is 11.0 Å². The Kier molecular flexibility index (Phi) is 5.10. The second-order valence-corrected chi connectivity index (χ2v) is 8.69. The molecule has 1 saturated heterocycles. The predicted octanol–water partition coefficient (Wildman–Crippen LogP) is 2.77. The van der Waals surface area contributed by atoms with Crippen LogP contribution < -0.4 is 19.1 Å². The van der Waals surface area contributed by atoms with Crippen LogP contribution in [0.25, 0.3) is 0 Å². The van der Waals surface area contributed by atoms with Crippen LogP contribution in [-0.4, -0.2) is 34.2 Å². The van der Waals surface area contributed by atoms with Crippen molar-refractivity contribution in [3.8, 4) is 11.5 Å². The van der Waals surface area contributed by atoms with E-state index in [0.29, 0.717) is 17.2 Å². The first kappa shape index (κ1) is 20.5. The maximum Gasteiger partial charge on any atom is 0.417 e. The Morgan fingerprint density at radius 1 is 1.10 bits per heavy atom. The number of hydrogen-bond donors (Lipinski definition) is 1. The number of carbonyl (C=O) groups excluding carboxylic acids is 1. The van der Waals surface area contributed by atoms with E-state index in [0.717, 1.165) is 18.2 Å². The van der Waals surface area contributed by atoms with Crippen molar-refractivity contribution in [1.82, 2.24) is 4.72 Å². The molecule has 0 aliphatic carbocycles.